The van der Waals surface area contributed by atoms with E-state index in [1.807, 2.05) is 4.68 Å². The molecule has 1 aliphatic heterocycles. The summed E-state index contributed by atoms with van der Waals surface area (Å²) in [5.74, 6) is 0.740. The lowest BCUT2D eigenvalue weighted by Crippen LogP contribution is -2.29. The topological polar surface area (TPSA) is 50.2 Å². The maximum atomic E-state index is 12.2. The number of carbonyl (C=O) groups excluding carboxylic acids is 1. The number of carbonyl (C=O) groups is 1. The van der Waals surface area contributed by atoms with Gasteiger partial charge in [-0.25, -0.2) is 4.68 Å². The second-order valence-corrected chi connectivity index (χ2v) is 9.13. The van der Waals surface area contributed by atoms with E-state index in [0.717, 1.165) is 36.6 Å². The monoisotopic (exact) mass is 414 g/mol. The van der Waals surface area contributed by atoms with E-state index < -0.39 is 0 Å². The summed E-state index contributed by atoms with van der Waals surface area (Å²) in [6.45, 7) is 6.71. The minimum Gasteiger partial charge on any atom is -0.339 e. The molecule has 2 fully saturated rings. The van der Waals surface area contributed by atoms with Crippen LogP contribution in [0, 0.1) is 19.8 Å². The second kappa shape index (κ2) is 8.31. The predicted molar refractivity (Wildman–Crippen MR) is 123 cm³/mol. The van der Waals surface area contributed by atoms with Crippen molar-refractivity contribution in [2.75, 3.05) is 13.1 Å². The molecule has 5 heteroatoms. The lowest BCUT2D eigenvalue weighted by atomic mass is 10.1. The smallest absolute Gasteiger partial charge is 0.223 e. The Morgan fingerprint density at radius 2 is 1.87 bits per heavy atom. The highest BCUT2D eigenvalue weighted by Crippen LogP contribution is 2.32. The molecule has 2 aromatic carbocycles. The fourth-order valence-corrected chi connectivity index (χ4v) is 4.50. The molecule has 1 aromatic heterocycles. The standard InChI is InChI=1S/C26H30N4O/c1-18-6-8-24(9-7-18)30-17-22(26(28-30)21-5-3-4-19(2)12-21)15-27-14-20-13-25(31)29(16-20)23-10-11-23/h3-9,12,17,20,23,27H,10-11,13-16H2,1-2H3/t20-/m1/s1. The highest BCUT2D eigenvalue weighted by molar-refractivity contribution is 5.79. The van der Waals surface area contributed by atoms with Crippen LogP contribution in [0.15, 0.2) is 54.7 Å². The zero-order valence-corrected chi connectivity index (χ0v) is 18.3. The number of benzene rings is 2. The van der Waals surface area contributed by atoms with Crippen LogP contribution in [0.5, 0.6) is 0 Å². The van der Waals surface area contributed by atoms with Crippen molar-refractivity contribution < 1.29 is 4.79 Å². The molecule has 1 aliphatic carbocycles. The van der Waals surface area contributed by atoms with E-state index in [1.165, 1.54) is 29.5 Å². The van der Waals surface area contributed by atoms with Gasteiger partial charge in [0.2, 0.25) is 5.91 Å². The summed E-state index contributed by atoms with van der Waals surface area (Å²) >= 11 is 0. The Morgan fingerprint density at radius 3 is 2.61 bits per heavy atom. The molecule has 1 saturated carbocycles. The molecule has 5 rings (SSSR count). The molecular formula is C26H30N4O. The van der Waals surface area contributed by atoms with Crippen molar-refractivity contribution in [3.05, 3.63) is 71.4 Å². The molecule has 0 spiro atoms. The number of aryl methyl sites for hydroxylation is 2. The molecule has 0 bridgehead atoms. The van der Waals surface area contributed by atoms with Gasteiger partial charge in [-0.3, -0.25) is 4.79 Å². The van der Waals surface area contributed by atoms with Gasteiger partial charge in [-0.05, 0) is 50.8 Å². The highest BCUT2D eigenvalue weighted by atomic mass is 16.2. The molecule has 160 valence electrons. The molecule has 1 saturated heterocycles. The number of nitrogens with zero attached hydrogens (tertiary/aromatic N) is 3. The van der Waals surface area contributed by atoms with Crippen LogP contribution in [0.25, 0.3) is 16.9 Å². The Bertz CT molecular complexity index is 1080. The Hall–Kier alpha value is -2.92. The van der Waals surface area contributed by atoms with E-state index >= 15 is 0 Å². The summed E-state index contributed by atoms with van der Waals surface area (Å²) < 4.78 is 1.97. The van der Waals surface area contributed by atoms with Crippen LogP contribution >= 0.6 is 0 Å². The van der Waals surface area contributed by atoms with Gasteiger partial charge in [-0.15, -0.1) is 0 Å². The number of rotatable bonds is 7. The number of aromatic nitrogens is 2. The van der Waals surface area contributed by atoms with E-state index in [9.17, 15) is 4.79 Å². The zero-order chi connectivity index (χ0) is 21.4. The maximum Gasteiger partial charge on any atom is 0.223 e. The van der Waals surface area contributed by atoms with Gasteiger partial charge in [-0.2, -0.15) is 5.10 Å². The Labute approximate surface area is 184 Å². The van der Waals surface area contributed by atoms with Crippen LogP contribution in [0.2, 0.25) is 0 Å². The molecular weight excluding hydrogens is 384 g/mol. The van der Waals surface area contributed by atoms with Gasteiger partial charge in [0.1, 0.15) is 0 Å². The average Bonchev–Trinajstić information content (AvgIpc) is 3.41. The highest BCUT2D eigenvalue weighted by Gasteiger charge is 2.38. The van der Waals surface area contributed by atoms with Crippen molar-refractivity contribution >= 4 is 5.91 Å². The van der Waals surface area contributed by atoms with Crippen molar-refractivity contribution in [2.45, 2.75) is 45.7 Å². The van der Waals surface area contributed by atoms with Crippen molar-refractivity contribution in [1.82, 2.24) is 20.0 Å². The summed E-state index contributed by atoms with van der Waals surface area (Å²) in [4.78, 5) is 14.3. The minimum atomic E-state index is 0.335. The molecule has 2 heterocycles. The number of hydrogen-bond acceptors (Lipinski definition) is 3. The molecule has 31 heavy (non-hydrogen) atoms. The molecule has 0 radical (unpaired) electrons. The lowest BCUT2D eigenvalue weighted by Gasteiger charge is -2.15. The van der Waals surface area contributed by atoms with Crippen molar-refractivity contribution in [3.8, 4) is 16.9 Å². The van der Waals surface area contributed by atoms with Crippen molar-refractivity contribution in [3.63, 3.8) is 0 Å². The minimum absolute atomic E-state index is 0.335. The third-order valence-electron chi connectivity index (χ3n) is 6.35. The SMILES string of the molecule is Cc1ccc(-n2cc(CNC[C@H]3CC(=O)N(C4CC4)C3)c(-c3cccc(C)c3)n2)cc1. The fraction of sp³-hybridized carbons (Fsp3) is 0.385. The first-order valence-corrected chi connectivity index (χ1v) is 11.3. The molecule has 1 atom stereocenters. The summed E-state index contributed by atoms with van der Waals surface area (Å²) in [5.41, 5.74) is 6.85. The van der Waals surface area contributed by atoms with Gasteiger partial charge in [0.05, 0.1) is 11.4 Å². The van der Waals surface area contributed by atoms with Crippen LogP contribution in [-0.4, -0.2) is 39.7 Å². The lowest BCUT2D eigenvalue weighted by molar-refractivity contribution is -0.128. The third kappa shape index (κ3) is 4.42. The fourth-order valence-electron chi connectivity index (χ4n) is 4.50. The zero-order valence-electron chi connectivity index (χ0n) is 18.3. The van der Waals surface area contributed by atoms with Gasteiger partial charge in [0.15, 0.2) is 0 Å². The average molecular weight is 415 g/mol. The Kier molecular flexibility index (Phi) is 5.36. The molecule has 2 aliphatic rings. The number of nitrogens with one attached hydrogen (secondary N) is 1. The van der Waals surface area contributed by atoms with E-state index in [0.29, 0.717) is 24.3 Å². The van der Waals surface area contributed by atoms with Crippen LogP contribution in [0.1, 0.15) is 36.0 Å². The number of hydrogen-bond donors (Lipinski definition) is 1. The molecule has 1 amide bonds. The largest absolute Gasteiger partial charge is 0.339 e. The summed E-state index contributed by atoms with van der Waals surface area (Å²) in [7, 11) is 0. The summed E-state index contributed by atoms with van der Waals surface area (Å²) in [5, 5.41) is 8.55. The molecule has 1 N–H and O–H groups in total. The first-order valence-electron chi connectivity index (χ1n) is 11.3. The Morgan fingerprint density at radius 1 is 1.06 bits per heavy atom. The first-order chi connectivity index (χ1) is 15.1. The van der Waals surface area contributed by atoms with Crippen LogP contribution in [0.3, 0.4) is 0 Å². The normalized spacial score (nSPS) is 18.7. The van der Waals surface area contributed by atoms with E-state index in [1.54, 1.807) is 0 Å². The van der Waals surface area contributed by atoms with Gasteiger partial charge in [0, 0.05) is 49.4 Å². The number of amides is 1. The first kappa shape index (κ1) is 20.0. The molecule has 3 aromatic rings. The summed E-state index contributed by atoms with van der Waals surface area (Å²) in [6, 6.07) is 17.5. The molecule has 0 unspecified atom stereocenters. The van der Waals surface area contributed by atoms with Crippen LogP contribution in [-0.2, 0) is 11.3 Å². The van der Waals surface area contributed by atoms with E-state index in [4.69, 9.17) is 5.10 Å². The maximum absolute atomic E-state index is 12.2. The van der Waals surface area contributed by atoms with Crippen LogP contribution < -0.4 is 5.32 Å². The summed E-state index contributed by atoms with van der Waals surface area (Å²) in [6.07, 6.45) is 5.18. The van der Waals surface area contributed by atoms with Crippen molar-refractivity contribution in [1.29, 1.82) is 0 Å². The van der Waals surface area contributed by atoms with Crippen molar-refractivity contribution in [2.24, 2.45) is 5.92 Å². The van der Waals surface area contributed by atoms with Gasteiger partial charge >= 0.3 is 0 Å². The van der Waals surface area contributed by atoms with E-state index in [2.05, 4.69) is 78.8 Å². The third-order valence-corrected chi connectivity index (χ3v) is 6.35. The van der Waals surface area contributed by atoms with Gasteiger partial charge in [-0.1, -0.05) is 41.5 Å². The van der Waals surface area contributed by atoms with Gasteiger partial charge < -0.3 is 10.2 Å². The second-order valence-electron chi connectivity index (χ2n) is 9.13. The van der Waals surface area contributed by atoms with E-state index in [-0.39, 0.29) is 0 Å². The van der Waals surface area contributed by atoms with Gasteiger partial charge in [0.25, 0.3) is 0 Å². The molecule has 5 nitrogen and oxygen atoms in total. The Balaban J connectivity index is 1.33. The van der Waals surface area contributed by atoms with Crippen LogP contribution in [0.4, 0.5) is 0 Å². The quantitative estimate of drug-likeness (QED) is 0.629. The predicted octanol–water partition coefficient (Wildman–Crippen LogP) is 4.26. The number of likely N-dealkylation sites (tertiary alicyclic amines) is 1.